The predicted molar refractivity (Wildman–Crippen MR) is 109 cm³/mol. The summed E-state index contributed by atoms with van der Waals surface area (Å²) in [6.45, 7) is 0. The maximum absolute atomic E-state index is 13.4. The van der Waals surface area contributed by atoms with Gasteiger partial charge in [-0.1, -0.05) is 36.4 Å². The molecule has 0 N–H and O–H groups in total. The summed E-state index contributed by atoms with van der Waals surface area (Å²) in [6.07, 6.45) is -1.60. The van der Waals surface area contributed by atoms with Gasteiger partial charge < -0.3 is 0 Å². The Balaban J connectivity index is 1.83. The van der Waals surface area contributed by atoms with Gasteiger partial charge in [-0.3, -0.25) is 9.97 Å². The standard InChI is InChI=1S/C22H15F3N2O2S/c23-22(24,25)19-6-2-5-18-17(8-10-27-21(18)19)20-12-16(7-9-26-20)15-4-1-3-14(11-15)13-30(28)29/h1-12,30H,13H2. The molecular formula is C22H15F3N2O2S. The largest absolute Gasteiger partial charge is 0.418 e. The molecule has 0 amide bonds. The molecule has 0 atom stereocenters. The average molecular weight is 428 g/mol. The zero-order chi connectivity index (χ0) is 21.3. The number of hydrogen-bond acceptors (Lipinski definition) is 4. The van der Waals surface area contributed by atoms with E-state index in [2.05, 4.69) is 9.97 Å². The Hall–Kier alpha value is -3.26. The molecule has 0 fully saturated rings. The van der Waals surface area contributed by atoms with Gasteiger partial charge >= 0.3 is 6.18 Å². The molecule has 8 heteroatoms. The Morgan fingerprint density at radius 3 is 2.33 bits per heavy atom. The highest BCUT2D eigenvalue weighted by atomic mass is 32.2. The van der Waals surface area contributed by atoms with Crippen molar-refractivity contribution in [1.82, 2.24) is 9.97 Å². The van der Waals surface area contributed by atoms with Crippen LogP contribution in [0.3, 0.4) is 0 Å². The van der Waals surface area contributed by atoms with Crippen molar-refractivity contribution in [2.75, 3.05) is 0 Å². The van der Waals surface area contributed by atoms with Crippen LogP contribution in [-0.4, -0.2) is 18.4 Å². The van der Waals surface area contributed by atoms with Crippen molar-refractivity contribution in [2.45, 2.75) is 11.9 Å². The van der Waals surface area contributed by atoms with Gasteiger partial charge in [0.1, 0.15) is 10.7 Å². The Labute approximate surface area is 172 Å². The summed E-state index contributed by atoms with van der Waals surface area (Å²) in [4.78, 5) is 8.29. The summed E-state index contributed by atoms with van der Waals surface area (Å²) in [5.41, 5.74) is 2.34. The van der Waals surface area contributed by atoms with Crippen LogP contribution >= 0.6 is 0 Å². The van der Waals surface area contributed by atoms with E-state index < -0.39 is 22.4 Å². The van der Waals surface area contributed by atoms with Crippen LogP contribution in [0.1, 0.15) is 11.1 Å². The third-order valence-corrected chi connectivity index (χ3v) is 5.31. The number of rotatable bonds is 4. The van der Waals surface area contributed by atoms with Crippen LogP contribution in [-0.2, 0) is 22.6 Å². The van der Waals surface area contributed by atoms with E-state index in [0.717, 1.165) is 17.2 Å². The molecule has 2 aromatic carbocycles. The Kier molecular flexibility index (Phi) is 5.26. The van der Waals surface area contributed by atoms with E-state index in [1.807, 2.05) is 6.07 Å². The number of halogens is 3. The minimum atomic E-state index is -4.51. The van der Waals surface area contributed by atoms with Gasteiger partial charge in [-0.15, -0.1) is 0 Å². The zero-order valence-electron chi connectivity index (χ0n) is 15.4. The first-order valence-corrected chi connectivity index (χ1v) is 10.3. The van der Waals surface area contributed by atoms with Gasteiger partial charge in [-0.2, -0.15) is 13.2 Å². The number of thiol groups is 1. The first-order chi connectivity index (χ1) is 14.3. The van der Waals surface area contributed by atoms with Crippen LogP contribution in [0.4, 0.5) is 13.2 Å². The molecule has 2 aromatic heterocycles. The van der Waals surface area contributed by atoms with Crippen LogP contribution in [0.15, 0.2) is 73.1 Å². The first-order valence-electron chi connectivity index (χ1n) is 8.95. The number of nitrogens with zero attached hydrogens (tertiary/aromatic N) is 2. The van der Waals surface area contributed by atoms with E-state index in [1.165, 1.54) is 12.3 Å². The molecule has 30 heavy (non-hydrogen) atoms. The van der Waals surface area contributed by atoms with E-state index in [1.54, 1.807) is 48.7 Å². The van der Waals surface area contributed by atoms with E-state index in [4.69, 9.17) is 0 Å². The molecule has 152 valence electrons. The molecule has 0 bridgehead atoms. The normalized spacial score (nSPS) is 11.9. The van der Waals surface area contributed by atoms with Crippen molar-refractivity contribution < 1.29 is 21.6 Å². The summed E-state index contributed by atoms with van der Waals surface area (Å²) in [5, 5.41) is 0.356. The summed E-state index contributed by atoms with van der Waals surface area (Å²) < 4.78 is 62.1. The van der Waals surface area contributed by atoms with Crippen LogP contribution in [0.25, 0.3) is 33.3 Å². The van der Waals surface area contributed by atoms with Gasteiger partial charge in [0.2, 0.25) is 0 Å². The topological polar surface area (TPSA) is 59.9 Å². The molecule has 0 aliphatic rings. The lowest BCUT2D eigenvalue weighted by atomic mass is 9.99. The molecule has 0 aliphatic heterocycles. The summed E-state index contributed by atoms with van der Waals surface area (Å²) in [5.74, 6) is -0.0592. The fourth-order valence-electron chi connectivity index (χ4n) is 3.38. The van der Waals surface area contributed by atoms with E-state index >= 15 is 0 Å². The van der Waals surface area contributed by atoms with Crippen LogP contribution in [0.5, 0.6) is 0 Å². The van der Waals surface area contributed by atoms with Crippen LogP contribution < -0.4 is 0 Å². The minimum absolute atomic E-state index is 0.0592. The molecule has 0 unspecified atom stereocenters. The second kappa shape index (κ2) is 7.87. The Morgan fingerprint density at radius 2 is 1.57 bits per heavy atom. The quantitative estimate of drug-likeness (QED) is 0.460. The number of pyridine rings is 2. The fraction of sp³-hybridized carbons (Fsp3) is 0.0909. The van der Waals surface area contributed by atoms with Gasteiger partial charge in [-0.05, 0) is 41.0 Å². The van der Waals surface area contributed by atoms with Gasteiger partial charge in [0.25, 0.3) is 0 Å². The Bertz CT molecular complexity index is 1310. The van der Waals surface area contributed by atoms with Crippen LogP contribution in [0.2, 0.25) is 0 Å². The molecular weight excluding hydrogens is 413 g/mol. The van der Waals surface area contributed by atoms with Gasteiger partial charge in [-0.25, -0.2) is 8.42 Å². The highest BCUT2D eigenvalue weighted by Crippen LogP contribution is 2.37. The van der Waals surface area contributed by atoms with Crippen molar-refractivity contribution in [2.24, 2.45) is 0 Å². The van der Waals surface area contributed by atoms with Crippen molar-refractivity contribution in [3.05, 3.63) is 84.2 Å². The van der Waals surface area contributed by atoms with E-state index in [0.29, 0.717) is 22.2 Å². The Morgan fingerprint density at radius 1 is 0.833 bits per heavy atom. The molecule has 2 heterocycles. The molecule has 0 aliphatic carbocycles. The fourth-order valence-corrected chi connectivity index (χ4v) is 3.88. The monoisotopic (exact) mass is 428 g/mol. The summed E-state index contributed by atoms with van der Waals surface area (Å²) in [6, 6.07) is 16.2. The predicted octanol–water partition coefficient (Wildman–Crippen LogP) is 5.09. The second-order valence-electron chi connectivity index (χ2n) is 6.68. The maximum atomic E-state index is 13.4. The van der Waals surface area contributed by atoms with Crippen molar-refractivity contribution in [1.29, 1.82) is 0 Å². The van der Waals surface area contributed by atoms with Crippen molar-refractivity contribution in [3.8, 4) is 22.4 Å². The number of aromatic nitrogens is 2. The summed E-state index contributed by atoms with van der Waals surface area (Å²) >= 11 is 0. The van der Waals surface area contributed by atoms with E-state index in [-0.39, 0.29) is 11.3 Å². The number of benzene rings is 2. The number of fused-ring (bicyclic) bond motifs is 1. The highest BCUT2D eigenvalue weighted by Gasteiger charge is 2.33. The third kappa shape index (κ3) is 4.04. The molecule has 4 nitrogen and oxygen atoms in total. The lowest BCUT2D eigenvalue weighted by molar-refractivity contribution is -0.136. The first kappa shape index (κ1) is 20.0. The van der Waals surface area contributed by atoms with Crippen molar-refractivity contribution >= 4 is 21.6 Å². The molecule has 4 rings (SSSR count). The van der Waals surface area contributed by atoms with Crippen molar-refractivity contribution in [3.63, 3.8) is 0 Å². The number of para-hydroxylation sites is 1. The highest BCUT2D eigenvalue weighted by molar-refractivity contribution is 7.71. The molecule has 0 saturated carbocycles. The molecule has 4 aromatic rings. The average Bonchev–Trinajstić information content (AvgIpc) is 2.72. The molecule has 0 radical (unpaired) electrons. The number of hydrogen-bond donors (Lipinski definition) is 1. The van der Waals surface area contributed by atoms with E-state index in [9.17, 15) is 21.6 Å². The zero-order valence-corrected chi connectivity index (χ0v) is 16.3. The lowest BCUT2D eigenvalue weighted by Crippen LogP contribution is -2.06. The SMILES string of the molecule is O=[SH](=O)Cc1cccc(-c2ccnc(-c3ccnc4c(C(F)(F)F)cccc34)c2)c1. The molecule has 0 saturated heterocycles. The minimum Gasteiger partial charge on any atom is -0.256 e. The van der Waals surface area contributed by atoms with Gasteiger partial charge in [0, 0.05) is 23.3 Å². The van der Waals surface area contributed by atoms with Gasteiger partial charge in [0.15, 0.2) is 0 Å². The second-order valence-corrected chi connectivity index (χ2v) is 7.66. The van der Waals surface area contributed by atoms with Crippen LogP contribution in [0, 0.1) is 0 Å². The smallest absolute Gasteiger partial charge is 0.256 e. The lowest BCUT2D eigenvalue weighted by Gasteiger charge is -2.12. The van der Waals surface area contributed by atoms with Gasteiger partial charge in [0.05, 0.1) is 22.5 Å². The summed E-state index contributed by atoms with van der Waals surface area (Å²) in [7, 11) is -2.54. The third-order valence-electron chi connectivity index (χ3n) is 4.68. The molecule has 0 spiro atoms. The maximum Gasteiger partial charge on any atom is 0.418 e. The number of alkyl halides is 3.